The van der Waals surface area contributed by atoms with Gasteiger partial charge in [-0.15, -0.1) is 0 Å². The average Bonchev–Trinajstić information content (AvgIpc) is 2.08. The van der Waals surface area contributed by atoms with Crippen LogP contribution in [-0.2, 0) is 0 Å². The monoisotopic (exact) mass is 182 g/mol. The molecule has 13 heavy (non-hydrogen) atoms. The molecule has 0 heteroatoms. The van der Waals surface area contributed by atoms with E-state index in [1.54, 1.807) is 0 Å². The molecule has 0 spiro atoms. The van der Waals surface area contributed by atoms with E-state index in [9.17, 15) is 0 Å². The number of rotatable bonds is 5. The Bertz CT molecular complexity index is 133. The molecule has 0 nitrogen and oxygen atoms in total. The molecule has 0 aromatic carbocycles. The Morgan fingerprint density at radius 2 is 1.77 bits per heavy atom. The van der Waals surface area contributed by atoms with Gasteiger partial charge in [0.15, 0.2) is 0 Å². The molecular formula is C13H26. The second kappa shape index (κ2) is 5.02. The van der Waals surface area contributed by atoms with Gasteiger partial charge in [-0.3, -0.25) is 0 Å². The highest BCUT2D eigenvalue weighted by atomic mass is 14.3. The lowest BCUT2D eigenvalue weighted by Crippen LogP contribution is -2.22. The smallest absolute Gasteiger partial charge is 0.0409 e. The van der Waals surface area contributed by atoms with E-state index in [4.69, 9.17) is 0 Å². The van der Waals surface area contributed by atoms with Crippen LogP contribution >= 0.6 is 0 Å². The Hall–Kier alpha value is 0. The summed E-state index contributed by atoms with van der Waals surface area (Å²) >= 11 is 0. The van der Waals surface area contributed by atoms with E-state index in [0.29, 0.717) is 0 Å². The quantitative estimate of drug-likeness (QED) is 0.587. The third-order valence-electron chi connectivity index (χ3n) is 4.12. The Balaban J connectivity index is 2.05. The van der Waals surface area contributed by atoms with Gasteiger partial charge in [-0.25, -0.2) is 0 Å². The minimum absolute atomic E-state index is 0.928. The summed E-state index contributed by atoms with van der Waals surface area (Å²) in [5.41, 5.74) is 0. The molecular weight excluding hydrogens is 156 g/mol. The molecule has 0 bridgehead atoms. The van der Waals surface area contributed by atoms with E-state index in [1.807, 2.05) is 0 Å². The van der Waals surface area contributed by atoms with E-state index in [1.165, 1.54) is 32.1 Å². The molecule has 0 radical (unpaired) electrons. The first-order chi connectivity index (χ1) is 6.13. The van der Waals surface area contributed by atoms with Crippen LogP contribution in [0, 0.1) is 23.7 Å². The summed E-state index contributed by atoms with van der Waals surface area (Å²) in [4.78, 5) is 0. The van der Waals surface area contributed by atoms with Crippen LogP contribution < -0.4 is 0 Å². The first-order valence-corrected chi connectivity index (χ1v) is 6.13. The lowest BCUT2D eigenvalue weighted by Gasteiger charge is -2.34. The molecule has 0 N–H and O–H groups in total. The molecule has 1 aliphatic carbocycles. The molecule has 2 atom stereocenters. The molecule has 1 fully saturated rings. The van der Waals surface area contributed by atoms with Crippen LogP contribution in [-0.4, -0.2) is 0 Å². The molecule has 1 aliphatic rings. The van der Waals surface area contributed by atoms with Gasteiger partial charge in [-0.2, -0.15) is 0 Å². The summed E-state index contributed by atoms with van der Waals surface area (Å²) in [6.07, 6.45) is 7.32. The zero-order valence-electron chi connectivity index (χ0n) is 9.84. The summed E-state index contributed by atoms with van der Waals surface area (Å²) in [6, 6.07) is 0. The molecule has 1 rings (SSSR count). The highest BCUT2D eigenvalue weighted by molar-refractivity contribution is 4.77. The van der Waals surface area contributed by atoms with Crippen LogP contribution in [0.5, 0.6) is 0 Å². The van der Waals surface area contributed by atoms with Gasteiger partial charge in [0.2, 0.25) is 0 Å². The second-order valence-electron chi connectivity index (χ2n) is 5.38. The molecule has 1 saturated carbocycles. The third-order valence-corrected chi connectivity index (χ3v) is 4.12. The molecule has 0 saturated heterocycles. The summed E-state index contributed by atoms with van der Waals surface area (Å²) in [5.74, 6) is 3.99. The zero-order chi connectivity index (χ0) is 9.84. The number of hydrogen-bond donors (Lipinski definition) is 0. The van der Waals surface area contributed by atoms with Crippen molar-refractivity contribution in [2.45, 2.75) is 59.8 Å². The number of hydrogen-bond acceptors (Lipinski definition) is 0. The van der Waals surface area contributed by atoms with Crippen molar-refractivity contribution in [3.8, 4) is 0 Å². The van der Waals surface area contributed by atoms with Crippen LogP contribution in [0.2, 0.25) is 0 Å². The van der Waals surface area contributed by atoms with Crippen molar-refractivity contribution in [1.82, 2.24) is 0 Å². The zero-order valence-corrected chi connectivity index (χ0v) is 9.84. The van der Waals surface area contributed by atoms with Gasteiger partial charge in [-0.1, -0.05) is 47.0 Å². The lowest BCUT2D eigenvalue weighted by molar-refractivity contribution is 0.180. The van der Waals surface area contributed by atoms with Crippen molar-refractivity contribution in [2.24, 2.45) is 23.7 Å². The Kier molecular flexibility index (Phi) is 4.28. The van der Waals surface area contributed by atoms with Crippen molar-refractivity contribution in [3.63, 3.8) is 0 Å². The normalized spacial score (nSPS) is 32.3. The first kappa shape index (κ1) is 11.1. The van der Waals surface area contributed by atoms with Gasteiger partial charge in [-0.05, 0) is 36.5 Å². The topological polar surface area (TPSA) is 0 Å². The maximum Gasteiger partial charge on any atom is -0.0409 e. The fourth-order valence-corrected chi connectivity index (χ4v) is 2.49. The fraction of sp³-hybridized carbons (Fsp3) is 1.00. The van der Waals surface area contributed by atoms with Gasteiger partial charge in [0.1, 0.15) is 0 Å². The molecule has 0 aliphatic heterocycles. The predicted molar refractivity (Wildman–Crippen MR) is 59.7 cm³/mol. The maximum absolute atomic E-state index is 2.43. The minimum Gasteiger partial charge on any atom is -0.0651 e. The van der Waals surface area contributed by atoms with Gasteiger partial charge in [0, 0.05) is 0 Å². The van der Waals surface area contributed by atoms with Crippen LogP contribution in [0.3, 0.4) is 0 Å². The molecule has 2 unspecified atom stereocenters. The third kappa shape index (κ3) is 3.32. The van der Waals surface area contributed by atoms with E-state index >= 15 is 0 Å². The van der Waals surface area contributed by atoms with Crippen molar-refractivity contribution in [1.29, 1.82) is 0 Å². The largest absolute Gasteiger partial charge is 0.0651 e. The van der Waals surface area contributed by atoms with E-state index in [0.717, 1.165) is 23.7 Å². The summed E-state index contributed by atoms with van der Waals surface area (Å²) < 4.78 is 0. The van der Waals surface area contributed by atoms with Crippen LogP contribution in [0.25, 0.3) is 0 Å². The van der Waals surface area contributed by atoms with Crippen molar-refractivity contribution in [3.05, 3.63) is 0 Å². The predicted octanol–water partition coefficient (Wildman–Crippen LogP) is 4.49. The van der Waals surface area contributed by atoms with Gasteiger partial charge in [0.25, 0.3) is 0 Å². The SMILES string of the molecule is CCC(C)C(C)CCC1CC(C)C1. The molecule has 0 heterocycles. The van der Waals surface area contributed by atoms with E-state index in [2.05, 4.69) is 27.7 Å². The van der Waals surface area contributed by atoms with Crippen LogP contribution in [0.4, 0.5) is 0 Å². The second-order valence-corrected chi connectivity index (χ2v) is 5.38. The minimum atomic E-state index is 0.928. The summed E-state index contributed by atoms with van der Waals surface area (Å²) in [7, 11) is 0. The van der Waals surface area contributed by atoms with Gasteiger partial charge in [0.05, 0.1) is 0 Å². The van der Waals surface area contributed by atoms with Crippen LogP contribution in [0.15, 0.2) is 0 Å². The molecule has 0 aromatic rings. The highest BCUT2D eigenvalue weighted by Crippen LogP contribution is 2.37. The Labute approximate surface area is 84.1 Å². The molecule has 0 aromatic heterocycles. The van der Waals surface area contributed by atoms with E-state index in [-0.39, 0.29) is 0 Å². The van der Waals surface area contributed by atoms with Crippen molar-refractivity contribution >= 4 is 0 Å². The highest BCUT2D eigenvalue weighted by Gasteiger charge is 2.25. The first-order valence-electron chi connectivity index (χ1n) is 6.13. The molecule has 0 amide bonds. The average molecular weight is 182 g/mol. The van der Waals surface area contributed by atoms with Crippen molar-refractivity contribution in [2.75, 3.05) is 0 Å². The van der Waals surface area contributed by atoms with Gasteiger partial charge < -0.3 is 0 Å². The molecule has 78 valence electrons. The maximum atomic E-state index is 2.43. The summed E-state index contributed by atoms with van der Waals surface area (Å²) in [5, 5.41) is 0. The van der Waals surface area contributed by atoms with Crippen LogP contribution in [0.1, 0.15) is 59.8 Å². The standard InChI is InChI=1S/C13H26/c1-5-11(3)12(4)6-7-13-8-10(2)9-13/h10-13H,5-9H2,1-4H3. The van der Waals surface area contributed by atoms with E-state index < -0.39 is 0 Å². The summed E-state index contributed by atoms with van der Waals surface area (Å²) in [6.45, 7) is 9.52. The lowest BCUT2D eigenvalue weighted by atomic mass is 9.72. The Morgan fingerprint density at radius 3 is 2.23 bits per heavy atom. The van der Waals surface area contributed by atoms with Crippen molar-refractivity contribution < 1.29 is 0 Å². The van der Waals surface area contributed by atoms with Gasteiger partial charge >= 0.3 is 0 Å². The fourth-order valence-electron chi connectivity index (χ4n) is 2.49. The Morgan fingerprint density at radius 1 is 1.15 bits per heavy atom.